The molecule has 3 heterocycles. The number of rotatable bonds is 2. The Hall–Kier alpha value is -1.62. The van der Waals surface area contributed by atoms with Gasteiger partial charge in [-0.2, -0.15) is 0 Å². The molecule has 2 fully saturated rings. The molecule has 108 valence electrons. The van der Waals surface area contributed by atoms with E-state index in [4.69, 9.17) is 5.73 Å². The Bertz CT molecular complexity index is 491. The smallest absolute Gasteiger partial charge is 0.267 e. The topological polar surface area (TPSA) is 71.2 Å². The average Bonchev–Trinajstić information content (AvgIpc) is 2.48. The fourth-order valence-electron chi connectivity index (χ4n) is 3.56. The Morgan fingerprint density at radius 2 is 2.25 bits per heavy atom. The lowest BCUT2D eigenvalue weighted by Crippen LogP contribution is -2.51. The van der Waals surface area contributed by atoms with E-state index in [-0.39, 0.29) is 0 Å². The van der Waals surface area contributed by atoms with Gasteiger partial charge in [-0.25, -0.2) is 0 Å². The van der Waals surface area contributed by atoms with Crippen molar-refractivity contribution in [3.05, 3.63) is 24.0 Å². The molecule has 1 aromatic heterocycles. The van der Waals surface area contributed by atoms with Gasteiger partial charge in [0.1, 0.15) is 5.69 Å². The predicted molar refractivity (Wildman–Crippen MR) is 78.7 cm³/mol. The van der Waals surface area contributed by atoms with E-state index >= 15 is 0 Å². The fourth-order valence-corrected chi connectivity index (χ4v) is 3.56. The molecule has 5 nitrogen and oxygen atoms in total. The Morgan fingerprint density at radius 3 is 3.00 bits per heavy atom. The number of anilines is 1. The van der Waals surface area contributed by atoms with Crippen LogP contribution in [0.1, 0.15) is 36.2 Å². The molecule has 1 amide bonds. The first kappa shape index (κ1) is 13.4. The van der Waals surface area contributed by atoms with E-state index < -0.39 is 5.91 Å². The van der Waals surface area contributed by atoms with Crippen molar-refractivity contribution in [1.29, 1.82) is 0 Å². The number of nitrogens with one attached hydrogen (secondary N) is 1. The van der Waals surface area contributed by atoms with Crippen LogP contribution in [0.25, 0.3) is 0 Å². The molecule has 2 aliphatic heterocycles. The van der Waals surface area contributed by atoms with Gasteiger partial charge in [-0.05, 0) is 44.4 Å². The molecule has 3 N–H and O–H groups in total. The number of amides is 1. The predicted octanol–water partition coefficient (Wildman–Crippen LogP) is 1.15. The zero-order valence-electron chi connectivity index (χ0n) is 11.8. The summed E-state index contributed by atoms with van der Waals surface area (Å²) < 4.78 is 0. The van der Waals surface area contributed by atoms with Crippen LogP contribution >= 0.6 is 0 Å². The van der Waals surface area contributed by atoms with Crippen LogP contribution in [0.15, 0.2) is 18.3 Å². The lowest BCUT2D eigenvalue weighted by atomic mass is 9.74. The molecule has 0 saturated carbocycles. The standard InChI is InChI=1S/C15H22N4O/c16-14(20)13-9-12(3-7-18-13)19-8-2-5-15(11-19)4-1-6-17-10-15/h3,7,9,17H,1-2,4-6,8,10-11H2,(H2,16,20). The summed E-state index contributed by atoms with van der Waals surface area (Å²) in [5.41, 5.74) is 7.13. The summed E-state index contributed by atoms with van der Waals surface area (Å²) in [7, 11) is 0. The van der Waals surface area contributed by atoms with Gasteiger partial charge in [0.2, 0.25) is 0 Å². The molecule has 0 aliphatic carbocycles. The zero-order valence-corrected chi connectivity index (χ0v) is 11.8. The van der Waals surface area contributed by atoms with Gasteiger partial charge in [0.05, 0.1) is 0 Å². The van der Waals surface area contributed by atoms with Crippen molar-refractivity contribution in [2.24, 2.45) is 11.1 Å². The Morgan fingerprint density at radius 1 is 1.40 bits per heavy atom. The number of pyridine rings is 1. The van der Waals surface area contributed by atoms with Crippen molar-refractivity contribution in [3.8, 4) is 0 Å². The number of nitrogens with two attached hydrogens (primary N) is 1. The molecule has 1 aromatic rings. The monoisotopic (exact) mass is 274 g/mol. The van der Waals surface area contributed by atoms with Gasteiger partial charge in [0, 0.05) is 36.9 Å². The van der Waals surface area contributed by atoms with Crippen LogP contribution in [0.4, 0.5) is 5.69 Å². The van der Waals surface area contributed by atoms with Gasteiger partial charge < -0.3 is 16.0 Å². The van der Waals surface area contributed by atoms with E-state index in [1.165, 1.54) is 25.7 Å². The summed E-state index contributed by atoms with van der Waals surface area (Å²) in [6.45, 7) is 4.35. The lowest BCUT2D eigenvalue weighted by Gasteiger charge is -2.46. The minimum absolute atomic E-state index is 0.351. The first-order valence-corrected chi connectivity index (χ1v) is 7.40. The number of nitrogens with zero attached hydrogens (tertiary/aromatic N) is 2. The average molecular weight is 274 g/mol. The Balaban J connectivity index is 1.79. The van der Waals surface area contributed by atoms with Gasteiger partial charge >= 0.3 is 0 Å². The first-order valence-electron chi connectivity index (χ1n) is 7.40. The number of hydrogen-bond acceptors (Lipinski definition) is 4. The van der Waals surface area contributed by atoms with Gasteiger partial charge in [-0.3, -0.25) is 9.78 Å². The first-order chi connectivity index (χ1) is 9.69. The highest BCUT2D eigenvalue weighted by Crippen LogP contribution is 2.37. The van der Waals surface area contributed by atoms with Crippen molar-refractivity contribution in [2.75, 3.05) is 31.1 Å². The molecule has 1 unspecified atom stereocenters. The maximum atomic E-state index is 11.3. The maximum Gasteiger partial charge on any atom is 0.267 e. The van der Waals surface area contributed by atoms with E-state index in [2.05, 4.69) is 15.2 Å². The Labute approximate surface area is 119 Å². The molecular formula is C15H22N4O. The van der Waals surface area contributed by atoms with Gasteiger partial charge in [-0.1, -0.05) is 0 Å². The van der Waals surface area contributed by atoms with Crippen molar-refractivity contribution in [3.63, 3.8) is 0 Å². The van der Waals surface area contributed by atoms with Crippen molar-refractivity contribution in [1.82, 2.24) is 10.3 Å². The highest BCUT2D eigenvalue weighted by molar-refractivity contribution is 5.91. The number of aromatic nitrogens is 1. The molecule has 0 aromatic carbocycles. The van der Waals surface area contributed by atoms with Crippen LogP contribution in [-0.2, 0) is 0 Å². The molecule has 1 spiro atoms. The SMILES string of the molecule is NC(=O)c1cc(N2CCCC3(CCCNC3)C2)ccn1. The number of primary amides is 1. The van der Waals surface area contributed by atoms with Crippen LogP contribution in [0.5, 0.6) is 0 Å². The summed E-state index contributed by atoms with van der Waals surface area (Å²) in [6, 6.07) is 3.79. The van der Waals surface area contributed by atoms with E-state index in [1.807, 2.05) is 12.1 Å². The molecule has 2 saturated heterocycles. The van der Waals surface area contributed by atoms with Gasteiger partial charge in [0.25, 0.3) is 5.91 Å². The zero-order chi connectivity index (χ0) is 14.0. The molecule has 2 aliphatic rings. The molecular weight excluding hydrogens is 252 g/mol. The minimum atomic E-state index is -0.460. The van der Waals surface area contributed by atoms with Gasteiger partial charge in [-0.15, -0.1) is 0 Å². The van der Waals surface area contributed by atoms with E-state index in [0.717, 1.165) is 31.9 Å². The quantitative estimate of drug-likeness (QED) is 0.848. The fraction of sp³-hybridized carbons (Fsp3) is 0.600. The molecule has 1 atom stereocenters. The van der Waals surface area contributed by atoms with Crippen LogP contribution < -0.4 is 16.0 Å². The third-order valence-corrected chi connectivity index (χ3v) is 4.58. The summed E-state index contributed by atoms with van der Waals surface area (Å²) in [5.74, 6) is -0.460. The second kappa shape index (κ2) is 5.40. The molecule has 3 rings (SSSR count). The third kappa shape index (κ3) is 2.63. The summed E-state index contributed by atoms with van der Waals surface area (Å²) in [5, 5.41) is 3.53. The van der Waals surface area contributed by atoms with Crippen molar-refractivity contribution in [2.45, 2.75) is 25.7 Å². The summed E-state index contributed by atoms with van der Waals surface area (Å²) in [6.07, 6.45) is 6.73. The largest absolute Gasteiger partial charge is 0.371 e. The second-order valence-corrected chi connectivity index (χ2v) is 6.07. The number of hydrogen-bond donors (Lipinski definition) is 2. The van der Waals surface area contributed by atoms with Crippen LogP contribution in [0, 0.1) is 5.41 Å². The lowest BCUT2D eigenvalue weighted by molar-refractivity contribution is 0.0995. The molecule has 20 heavy (non-hydrogen) atoms. The minimum Gasteiger partial charge on any atom is -0.371 e. The molecule has 0 bridgehead atoms. The summed E-state index contributed by atoms with van der Waals surface area (Å²) >= 11 is 0. The van der Waals surface area contributed by atoms with Crippen molar-refractivity contribution >= 4 is 11.6 Å². The van der Waals surface area contributed by atoms with Crippen LogP contribution in [0.3, 0.4) is 0 Å². The molecule has 0 radical (unpaired) electrons. The molecule has 5 heteroatoms. The normalized spacial score (nSPS) is 26.7. The number of carbonyl (C=O) groups is 1. The maximum absolute atomic E-state index is 11.3. The summed E-state index contributed by atoms with van der Waals surface area (Å²) in [4.78, 5) is 17.7. The van der Waals surface area contributed by atoms with Gasteiger partial charge in [0.15, 0.2) is 0 Å². The third-order valence-electron chi connectivity index (χ3n) is 4.58. The highest BCUT2D eigenvalue weighted by atomic mass is 16.1. The Kier molecular flexibility index (Phi) is 3.61. The van der Waals surface area contributed by atoms with Crippen LogP contribution in [-0.4, -0.2) is 37.1 Å². The highest BCUT2D eigenvalue weighted by Gasteiger charge is 2.36. The van der Waals surface area contributed by atoms with E-state index in [0.29, 0.717) is 11.1 Å². The number of piperidine rings is 2. The second-order valence-electron chi connectivity index (χ2n) is 6.07. The van der Waals surface area contributed by atoms with E-state index in [9.17, 15) is 4.79 Å². The van der Waals surface area contributed by atoms with Crippen LogP contribution in [0.2, 0.25) is 0 Å². The van der Waals surface area contributed by atoms with E-state index in [1.54, 1.807) is 6.20 Å². The van der Waals surface area contributed by atoms with Crippen molar-refractivity contribution < 1.29 is 4.79 Å². The number of carbonyl (C=O) groups excluding carboxylic acids is 1.